The second kappa shape index (κ2) is 4.66. The molecule has 0 amide bonds. The lowest BCUT2D eigenvalue weighted by Crippen LogP contribution is -2.34. The van der Waals surface area contributed by atoms with Gasteiger partial charge in [-0.25, -0.2) is 13.1 Å². The third-order valence-corrected chi connectivity index (χ3v) is 4.48. The first kappa shape index (κ1) is 12.4. The summed E-state index contributed by atoms with van der Waals surface area (Å²) in [6.07, 6.45) is 2.26. The van der Waals surface area contributed by atoms with Gasteiger partial charge in [-0.3, -0.25) is 0 Å². The monoisotopic (exact) mass is 254 g/mol. The van der Waals surface area contributed by atoms with Crippen LogP contribution in [0.2, 0.25) is 0 Å². The summed E-state index contributed by atoms with van der Waals surface area (Å²) in [6, 6.07) is 6.98. The van der Waals surface area contributed by atoms with Crippen LogP contribution in [0.15, 0.2) is 24.3 Å². The molecule has 0 radical (unpaired) electrons. The van der Waals surface area contributed by atoms with Gasteiger partial charge < -0.3 is 5.73 Å². The summed E-state index contributed by atoms with van der Waals surface area (Å²) in [5, 5.41) is 0. The maximum absolute atomic E-state index is 11.9. The second-order valence-corrected chi connectivity index (χ2v) is 6.50. The Morgan fingerprint density at radius 3 is 2.47 bits per heavy atom. The van der Waals surface area contributed by atoms with Crippen LogP contribution in [0.1, 0.15) is 25.3 Å². The van der Waals surface area contributed by atoms with E-state index in [2.05, 4.69) is 4.72 Å². The van der Waals surface area contributed by atoms with Gasteiger partial charge in [0.25, 0.3) is 0 Å². The minimum atomic E-state index is -3.24. The molecular formula is C12H18N2O2S. The summed E-state index contributed by atoms with van der Waals surface area (Å²) in [7, 11) is -3.24. The predicted molar refractivity (Wildman–Crippen MR) is 68.8 cm³/mol. The van der Waals surface area contributed by atoms with Crippen molar-refractivity contribution in [2.45, 2.75) is 31.6 Å². The van der Waals surface area contributed by atoms with Crippen molar-refractivity contribution >= 4 is 15.7 Å². The fraction of sp³-hybridized carbons (Fsp3) is 0.500. The molecule has 1 saturated carbocycles. The van der Waals surface area contributed by atoms with E-state index in [0.717, 1.165) is 18.4 Å². The summed E-state index contributed by atoms with van der Waals surface area (Å²) < 4.78 is 26.5. The van der Waals surface area contributed by atoms with Crippen LogP contribution in [0.4, 0.5) is 5.69 Å². The molecule has 1 atom stereocenters. The van der Waals surface area contributed by atoms with Gasteiger partial charge in [-0.05, 0) is 43.4 Å². The normalized spacial score (nSPS) is 17.9. The molecule has 1 aromatic rings. The van der Waals surface area contributed by atoms with Gasteiger partial charge in [-0.15, -0.1) is 0 Å². The zero-order valence-electron chi connectivity index (χ0n) is 9.89. The van der Waals surface area contributed by atoms with E-state index in [0.29, 0.717) is 11.6 Å². The predicted octanol–water partition coefficient (Wildman–Crippen LogP) is 1.49. The number of hydrogen-bond acceptors (Lipinski definition) is 3. The van der Waals surface area contributed by atoms with Crippen LogP contribution < -0.4 is 10.5 Å². The minimum absolute atomic E-state index is 0.0182. The first-order valence-corrected chi connectivity index (χ1v) is 7.46. The largest absolute Gasteiger partial charge is 0.399 e. The highest BCUT2D eigenvalue weighted by atomic mass is 32.2. The standard InChI is InChI=1S/C12H18N2O2S/c1-9(11-4-5-11)14-17(15,16)8-10-2-6-12(13)7-3-10/h2-3,6-7,9,11,14H,4-5,8,13H2,1H3. The van der Waals surface area contributed by atoms with Crippen molar-refractivity contribution in [3.05, 3.63) is 29.8 Å². The SMILES string of the molecule is CC(NS(=O)(=O)Cc1ccc(N)cc1)C1CC1. The molecule has 1 unspecified atom stereocenters. The average Bonchev–Trinajstić information content (AvgIpc) is 3.03. The lowest BCUT2D eigenvalue weighted by atomic mass is 10.2. The Hall–Kier alpha value is -1.07. The molecule has 1 fully saturated rings. The molecule has 4 nitrogen and oxygen atoms in total. The number of benzene rings is 1. The van der Waals surface area contributed by atoms with Gasteiger partial charge in [-0.2, -0.15) is 0 Å². The Morgan fingerprint density at radius 1 is 1.35 bits per heavy atom. The summed E-state index contributed by atoms with van der Waals surface area (Å²) >= 11 is 0. The molecule has 94 valence electrons. The van der Waals surface area contributed by atoms with Gasteiger partial charge in [0.2, 0.25) is 10.0 Å². The van der Waals surface area contributed by atoms with E-state index in [1.165, 1.54) is 0 Å². The first-order chi connectivity index (χ1) is 7.96. The fourth-order valence-corrected chi connectivity index (χ4v) is 3.32. The molecule has 1 aromatic carbocycles. The van der Waals surface area contributed by atoms with Crippen molar-refractivity contribution in [3.8, 4) is 0 Å². The Bertz CT molecular complexity index is 478. The van der Waals surface area contributed by atoms with Crippen LogP contribution in [0, 0.1) is 5.92 Å². The van der Waals surface area contributed by atoms with Crippen LogP contribution in [-0.4, -0.2) is 14.5 Å². The van der Waals surface area contributed by atoms with E-state index in [1.807, 2.05) is 6.92 Å². The molecule has 0 spiro atoms. The van der Waals surface area contributed by atoms with Gasteiger partial charge >= 0.3 is 0 Å². The number of anilines is 1. The van der Waals surface area contributed by atoms with E-state index in [1.54, 1.807) is 24.3 Å². The zero-order chi connectivity index (χ0) is 12.5. The van der Waals surface area contributed by atoms with Crippen molar-refractivity contribution in [3.63, 3.8) is 0 Å². The van der Waals surface area contributed by atoms with Crippen LogP contribution in [0.3, 0.4) is 0 Å². The average molecular weight is 254 g/mol. The van der Waals surface area contributed by atoms with Crippen molar-refractivity contribution in [2.75, 3.05) is 5.73 Å². The fourth-order valence-electron chi connectivity index (χ4n) is 1.85. The first-order valence-electron chi connectivity index (χ1n) is 5.81. The topological polar surface area (TPSA) is 72.2 Å². The quantitative estimate of drug-likeness (QED) is 0.782. The zero-order valence-corrected chi connectivity index (χ0v) is 10.7. The third kappa shape index (κ3) is 3.71. The number of hydrogen-bond donors (Lipinski definition) is 2. The van der Waals surface area contributed by atoms with Crippen molar-refractivity contribution < 1.29 is 8.42 Å². The van der Waals surface area contributed by atoms with Gasteiger partial charge in [0, 0.05) is 11.7 Å². The molecule has 0 aromatic heterocycles. The van der Waals surface area contributed by atoms with Gasteiger partial charge in [0.15, 0.2) is 0 Å². The van der Waals surface area contributed by atoms with Gasteiger partial charge in [0.1, 0.15) is 0 Å². The Kier molecular flexibility index (Phi) is 3.40. The highest BCUT2D eigenvalue weighted by Crippen LogP contribution is 2.32. The maximum atomic E-state index is 11.9. The van der Waals surface area contributed by atoms with Crippen molar-refractivity contribution in [1.29, 1.82) is 0 Å². The highest BCUT2D eigenvalue weighted by molar-refractivity contribution is 7.88. The molecular weight excluding hydrogens is 236 g/mol. The Labute approximate surface area is 102 Å². The Morgan fingerprint density at radius 2 is 1.94 bits per heavy atom. The van der Waals surface area contributed by atoms with Gasteiger partial charge in [0.05, 0.1) is 5.75 Å². The molecule has 0 heterocycles. The summed E-state index contributed by atoms with van der Waals surface area (Å²) in [5.41, 5.74) is 6.96. The second-order valence-electron chi connectivity index (χ2n) is 4.74. The molecule has 0 aliphatic heterocycles. The van der Waals surface area contributed by atoms with E-state index >= 15 is 0 Å². The molecule has 5 heteroatoms. The number of sulfonamides is 1. The molecule has 0 saturated heterocycles. The van der Waals surface area contributed by atoms with E-state index in [-0.39, 0.29) is 11.8 Å². The van der Waals surface area contributed by atoms with E-state index in [9.17, 15) is 8.42 Å². The number of rotatable bonds is 5. The van der Waals surface area contributed by atoms with Crippen LogP contribution >= 0.6 is 0 Å². The molecule has 1 aliphatic carbocycles. The van der Waals surface area contributed by atoms with E-state index < -0.39 is 10.0 Å². The molecule has 3 N–H and O–H groups in total. The number of nitrogens with one attached hydrogen (secondary N) is 1. The third-order valence-electron chi connectivity index (χ3n) is 3.03. The number of nitrogen functional groups attached to an aromatic ring is 1. The highest BCUT2D eigenvalue weighted by Gasteiger charge is 2.30. The number of nitrogens with two attached hydrogens (primary N) is 1. The van der Waals surface area contributed by atoms with Crippen LogP contribution in [0.25, 0.3) is 0 Å². The molecule has 2 rings (SSSR count). The van der Waals surface area contributed by atoms with Gasteiger partial charge in [-0.1, -0.05) is 12.1 Å². The van der Waals surface area contributed by atoms with Crippen LogP contribution in [0.5, 0.6) is 0 Å². The minimum Gasteiger partial charge on any atom is -0.399 e. The summed E-state index contributed by atoms with van der Waals surface area (Å²) in [4.78, 5) is 0. The molecule has 1 aliphatic rings. The molecule has 17 heavy (non-hydrogen) atoms. The molecule has 0 bridgehead atoms. The van der Waals surface area contributed by atoms with E-state index in [4.69, 9.17) is 5.73 Å². The smallest absolute Gasteiger partial charge is 0.216 e. The lowest BCUT2D eigenvalue weighted by Gasteiger charge is -2.13. The Balaban J connectivity index is 1.98. The maximum Gasteiger partial charge on any atom is 0.216 e. The summed E-state index contributed by atoms with van der Waals surface area (Å²) in [6.45, 7) is 1.93. The van der Waals surface area contributed by atoms with Crippen molar-refractivity contribution in [2.24, 2.45) is 5.92 Å². The van der Waals surface area contributed by atoms with Crippen molar-refractivity contribution in [1.82, 2.24) is 4.72 Å². The summed E-state index contributed by atoms with van der Waals surface area (Å²) in [5.74, 6) is 0.542. The lowest BCUT2D eigenvalue weighted by molar-refractivity contribution is 0.537. The van der Waals surface area contributed by atoms with Crippen LogP contribution in [-0.2, 0) is 15.8 Å².